The third-order valence-corrected chi connectivity index (χ3v) is 6.04. The molecule has 3 saturated carbocycles. The van der Waals surface area contributed by atoms with Gasteiger partial charge in [-0.1, -0.05) is 51.4 Å². The zero-order valence-electron chi connectivity index (χ0n) is 12.4. The van der Waals surface area contributed by atoms with Crippen molar-refractivity contribution in [1.29, 1.82) is 0 Å². The molecule has 110 valence electrons. The minimum Gasteiger partial charge on any atom is -0.374 e. The standard InChI is InChI=1S/C17H31NO/c18-15-13-16(17(15)11-7-3-4-8-12-17)19-14-9-5-1-2-6-10-14/h14-16H,1-13,18H2. The highest BCUT2D eigenvalue weighted by atomic mass is 16.5. The molecule has 0 aromatic rings. The van der Waals surface area contributed by atoms with Gasteiger partial charge in [-0.2, -0.15) is 0 Å². The van der Waals surface area contributed by atoms with E-state index in [-0.39, 0.29) is 0 Å². The molecule has 0 bridgehead atoms. The predicted molar refractivity (Wildman–Crippen MR) is 79.1 cm³/mol. The van der Waals surface area contributed by atoms with Gasteiger partial charge in [-0.05, 0) is 32.1 Å². The topological polar surface area (TPSA) is 35.2 Å². The maximum Gasteiger partial charge on any atom is 0.0664 e. The Morgan fingerprint density at radius 1 is 0.789 bits per heavy atom. The van der Waals surface area contributed by atoms with Crippen LogP contribution in [-0.2, 0) is 4.74 Å². The van der Waals surface area contributed by atoms with Gasteiger partial charge in [-0.15, -0.1) is 0 Å². The molecule has 3 aliphatic rings. The van der Waals surface area contributed by atoms with Gasteiger partial charge >= 0.3 is 0 Å². The molecule has 19 heavy (non-hydrogen) atoms. The number of nitrogens with two attached hydrogens (primary N) is 1. The van der Waals surface area contributed by atoms with Gasteiger partial charge in [0.25, 0.3) is 0 Å². The van der Waals surface area contributed by atoms with Gasteiger partial charge in [0.05, 0.1) is 12.2 Å². The van der Waals surface area contributed by atoms with Crippen LogP contribution in [0.1, 0.15) is 83.5 Å². The lowest BCUT2D eigenvalue weighted by Gasteiger charge is -2.55. The van der Waals surface area contributed by atoms with Crippen molar-refractivity contribution < 1.29 is 4.74 Å². The third-order valence-electron chi connectivity index (χ3n) is 6.04. The Balaban J connectivity index is 1.60. The van der Waals surface area contributed by atoms with Gasteiger partial charge in [0.15, 0.2) is 0 Å². The summed E-state index contributed by atoms with van der Waals surface area (Å²) >= 11 is 0. The fourth-order valence-electron chi connectivity index (χ4n) is 4.66. The largest absolute Gasteiger partial charge is 0.374 e. The van der Waals surface area contributed by atoms with E-state index in [1.165, 1.54) is 77.0 Å². The molecule has 2 heteroatoms. The molecule has 0 saturated heterocycles. The molecule has 3 fully saturated rings. The maximum atomic E-state index is 6.55. The van der Waals surface area contributed by atoms with Gasteiger partial charge in [0, 0.05) is 11.5 Å². The van der Waals surface area contributed by atoms with Crippen LogP contribution >= 0.6 is 0 Å². The minimum atomic E-state index is 0.364. The van der Waals surface area contributed by atoms with Crippen LogP contribution in [0.25, 0.3) is 0 Å². The molecule has 2 unspecified atom stereocenters. The Bertz CT molecular complexity index is 275. The molecule has 0 amide bonds. The van der Waals surface area contributed by atoms with Crippen molar-refractivity contribution in [2.75, 3.05) is 0 Å². The van der Waals surface area contributed by atoms with Crippen LogP contribution in [0, 0.1) is 5.41 Å². The molecule has 2 atom stereocenters. The molecule has 0 aliphatic heterocycles. The van der Waals surface area contributed by atoms with E-state index in [0.717, 1.165) is 6.42 Å². The summed E-state index contributed by atoms with van der Waals surface area (Å²) in [5.41, 5.74) is 6.77. The Hall–Kier alpha value is -0.0800. The number of hydrogen-bond acceptors (Lipinski definition) is 2. The number of rotatable bonds is 2. The molecule has 0 aromatic carbocycles. The fourth-order valence-corrected chi connectivity index (χ4v) is 4.66. The number of ether oxygens (including phenoxy) is 1. The highest BCUT2D eigenvalue weighted by Gasteiger charge is 2.53. The van der Waals surface area contributed by atoms with Crippen LogP contribution < -0.4 is 5.73 Å². The van der Waals surface area contributed by atoms with Gasteiger partial charge in [-0.3, -0.25) is 0 Å². The van der Waals surface area contributed by atoms with Crippen molar-refractivity contribution in [3.63, 3.8) is 0 Å². The quantitative estimate of drug-likeness (QED) is 0.761. The van der Waals surface area contributed by atoms with Crippen LogP contribution in [0.3, 0.4) is 0 Å². The molecular weight excluding hydrogens is 234 g/mol. The summed E-state index contributed by atoms with van der Waals surface area (Å²) in [6.45, 7) is 0. The average molecular weight is 265 g/mol. The lowest BCUT2D eigenvalue weighted by molar-refractivity contribution is -0.163. The smallest absolute Gasteiger partial charge is 0.0664 e. The lowest BCUT2D eigenvalue weighted by atomic mass is 9.58. The highest BCUT2D eigenvalue weighted by Crippen LogP contribution is 2.52. The zero-order chi connectivity index (χ0) is 13.1. The van der Waals surface area contributed by atoms with E-state index in [2.05, 4.69) is 0 Å². The molecular formula is C17H31NO. The first kappa shape index (κ1) is 13.9. The Kier molecular flexibility index (Phi) is 4.48. The lowest BCUT2D eigenvalue weighted by Crippen LogP contribution is -2.62. The first-order valence-electron chi connectivity index (χ1n) is 8.72. The van der Waals surface area contributed by atoms with Crippen LogP contribution in [0.15, 0.2) is 0 Å². The molecule has 0 heterocycles. The molecule has 2 N–H and O–H groups in total. The van der Waals surface area contributed by atoms with E-state index in [1.807, 2.05) is 0 Å². The van der Waals surface area contributed by atoms with E-state index in [4.69, 9.17) is 10.5 Å². The second-order valence-corrected chi connectivity index (χ2v) is 7.23. The average Bonchev–Trinajstić information content (AvgIpc) is 2.82. The summed E-state index contributed by atoms with van der Waals surface area (Å²) in [5.74, 6) is 0. The van der Waals surface area contributed by atoms with Crippen molar-refractivity contribution in [3.8, 4) is 0 Å². The molecule has 1 spiro atoms. The van der Waals surface area contributed by atoms with E-state index < -0.39 is 0 Å². The third kappa shape index (κ3) is 2.85. The van der Waals surface area contributed by atoms with Crippen molar-refractivity contribution in [1.82, 2.24) is 0 Å². The van der Waals surface area contributed by atoms with Gasteiger partial charge in [0.1, 0.15) is 0 Å². The van der Waals surface area contributed by atoms with Crippen molar-refractivity contribution in [2.24, 2.45) is 11.1 Å². The highest BCUT2D eigenvalue weighted by molar-refractivity contribution is 5.07. The molecule has 0 aromatic heterocycles. The first-order valence-corrected chi connectivity index (χ1v) is 8.72. The summed E-state index contributed by atoms with van der Waals surface area (Å²) in [4.78, 5) is 0. The van der Waals surface area contributed by atoms with Crippen LogP contribution in [-0.4, -0.2) is 18.2 Å². The summed E-state index contributed by atoms with van der Waals surface area (Å²) in [6, 6.07) is 0.418. The van der Waals surface area contributed by atoms with Crippen LogP contribution in [0.4, 0.5) is 0 Å². The normalized spacial score (nSPS) is 36.5. The maximum absolute atomic E-state index is 6.55. The van der Waals surface area contributed by atoms with E-state index in [1.54, 1.807) is 0 Å². The summed E-state index contributed by atoms with van der Waals surface area (Å²) in [5, 5.41) is 0. The monoisotopic (exact) mass is 265 g/mol. The molecule has 3 aliphatic carbocycles. The molecule has 3 rings (SSSR count). The van der Waals surface area contributed by atoms with E-state index >= 15 is 0 Å². The van der Waals surface area contributed by atoms with Crippen molar-refractivity contribution >= 4 is 0 Å². The fraction of sp³-hybridized carbons (Fsp3) is 1.00. The van der Waals surface area contributed by atoms with Crippen LogP contribution in [0.5, 0.6) is 0 Å². The second-order valence-electron chi connectivity index (χ2n) is 7.23. The SMILES string of the molecule is NC1CC(OC2CCCCCC2)C12CCCCCC2. The van der Waals surface area contributed by atoms with Gasteiger partial charge in [0.2, 0.25) is 0 Å². The zero-order valence-corrected chi connectivity index (χ0v) is 12.4. The minimum absolute atomic E-state index is 0.364. The van der Waals surface area contributed by atoms with Gasteiger partial charge < -0.3 is 10.5 Å². The van der Waals surface area contributed by atoms with E-state index in [0.29, 0.717) is 23.7 Å². The Morgan fingerprint density at radius 3 is 1.95 bits per heavy atom. The first-order chi connectivity index (χ1) is 9.31. The van der Waals surface area contributed by atoms with Gasteiger partial charge in [-0.25, -0.2) is 0 Å². The van der Waals surface area contributed by atoms with Crippen molar-refractivity contribution in [2.45, 2.75) is 102 Å². The Morgan fingerprint density at radius 2 is 1.37 bits per heavy atom. The Labute approximate surface area is 118 Å². The van der Waals surface area contributed by atoms with Crippen LogP contribution in [0.2, 0.25) is 0 Å². The molecule has 0 radical (unpaired) electrons. The van der Waals surface area contributed by atoms with Crippen molar-refractivity contribution in [3.05, 3.63) is 0 Å². The summed E-state index contributed by atoms with van der Waals surface area (Å²) in [7, 11) is 0. The molecule has 2 nitrogen and oxygen atoms in total. The second kappa shape index (κ2) is 6.13. The van der Waals surface area contributed by atoms with E-state index in [9.17, 15) is 0 Å². The number of hydrogen-bond donors (Lipinski definition) is 1. The predicted octanol–water partition coefficient (Wildman–Crippen LogP) is 4.17. The summed E-state index contributed by atoms with van der Waals surface area (Å²) < 4.78 is 6.55. The summed E-state index contributed by atoms with van der Waals surface area (Å²) in [6.07, 6.45) is 18.5.